The number of methoxy groups -OCH3 is 2. The summed E-state index contributed by atoms with van der Waals surface area (Å²) >= 11 is 0. The van der Waals surface area contributed by atoms with Crippen LogP contribution in [0, 0.1) is 25.7 Å². The van der Waals surface area contributed by atoms with Crippen molar-refractivity contribution in [2.24, 2.45) is 11.8 Å². The van der Waals surface area contributed by atoms with Crippen molar-refractivity contribution in [2.45, 2.75) is 58.8 Å². The molecule has 2 fully saturated rings. The molecule has 2 atom stereocenters. The molecule has 12 heteroatoms. The Bertz CT molecular complexity index is 1190. The third-order valence-electron chi connectivity index (χ3n) is 7.82. The Morgan fingerprint density at radius 1 is 0.683 bits per heavy atom. The molecule has 0 N–H and O–H groups in total. The first-order valence-corrected chi connectivity index (χ1v) is 14.2. The number of aromatic nitrogens is 4. The number of nitrogens with zero attached hydrogens (tertiary/aromatic N) is 6. The van der Waals surface area contributed by atoms with Crippen LogP contribution in [0.1, 0.15) is 77.0 Å². The normalized spacial score (nSPS) is 17.0. The van der Waals surface area contributed by atoms with Crippen LogP contribution in [0.4, 0.5) is 11.9 Å². The third kappa shape index (κ3) is 6.86. The van der Waals surface area contributed by atoms with Gasteiger partial charge in [0.1, 0.15) is 11.8 Å². The van der Waals surface area contributed by atoms with Crippen molar-refractivity contribution in [1.29, 1.82) is 0 Å². The number of ketones is 2. The number of anilines is 2. The fourth-order valence-corrected chi connectivity index (χ4v) is 5.40. The summed E-state index contributed by atoms with van der Waals surface area (Å²) in [5.74, 6) is -4.85. The van der Waals surface area contributed by atoms with Gasteiger partial charge in [-0.2, -0.15) is 0 Å². The third-order valence-corrected chi connectivity index (χ3v) is 7.82. The van der Waals surface area contributed by atoms with Crippen LogP contribution < -0.4 is 9.80 Å². The molecule has 0 bridgehead atoms. The molecule has 2 aromatic heterocycles. The van der Waals surface area contributed by atoms with Crippen LogP contribution in [0.15, 0.2) is 12.4 Å². The summed E-state index contributed by atoms with van der Waals surface area (Å²) in [5, 5.41) is 0. The van der Waals surface area contributed by atoms with Crippen LogP contribution in [0.3, 0.4) is 0 Å². The second kappa shape index (κ2) is 13.6. The molecule has 0 amide bonds. The van der Waals surface area contributed by atoms with Gasteiger partial charge in [-0.25, -0.2) is 19.9 Å². The number of hydrogen-bond donors (Lipinski definition) is 0. The summed E-state index contributed by atoms with van der Waals surface area (Å²) in [4.78, 5) is 75.0. The summed E-state index contributed by atoms with van der Waals surface area (Å²) in [7, 11) is 2.30. The molecule has 4 heterocycles. The van der Waals surface area contributed by atoms with Crippen LogP contribution >= 0.6 is 0 Å². The van der Waals surface area contributed by atoms with Crippen molar-refractivity contribution in [3.63, 3.8) is 0 Å². The summed E-state index contributed by atoms with van der Waals surface area (Å²) < 4.78 is 9.84. The maximum atomic E-state index is 13.7. The number of aryl methyl sites for hydroxylation is 2. The highest BCUT2D eigenvalue weighted by Crippen LogP contribution is 2.27. The molecule has 0 aromatic carbocycles. The zero-order chi connectivity index (χ0) is 29.5. The Kier molecular flexibility index (Phi) is 9.95. The molecule has 0 radical (unpaired) electrons. The van der Waals surface area contributed by atoms with Gasteiger partial charge >= 0.3 is 11.9 Å². The van der Waals surface area contributed by atoms with Crippen LogP contribution in [0.2, 0.25) is 0 Å². The number of carbonyl (C=O) groups is 4. The molecule has 2 aliphatic rings. The molecule has 0 aliphatic carbocycles. The summed E-state index contributed by atoms with van der Waals surface area (Å²) in [6, 6.07) is 0. The van der Waals surface area contributed by atoms with E-state index in [0.717, 1.165) is 78.9 Å². The van der Waals surface area contributed by atoms with Gasteiger partial charge in [0.25, 0.3) is 0 Å². The molecule has 2 aliphatic heterocycles. The highest BCUT2D eigenvalue weighted by Gasteiger charge is 2.40. The first-order chi connectivity index (χ1) is 19.7. The van der Waals surface area contributed by atoms with Gasteiger partial charge < -0.3 is 19.3 Å². The van der Waals surface area contributed by atoms with Gasteiger partial charge in [-0.05, 0) is 58.8 Å². The fourth-order valence-electron chi connectivity index (χ4n) is 5.40. The average Bonchev–Trinajstić information content (AvgIpc) is 3.01. The largest absolute Gasteiger partial charge is 0.468 e. The predicted molar refractivity (Wildman–Crippen MR) is 150 cm³/mol. The molecule has 2 unspecified atom stereocenters. The van der Waals surface area contributed by atoms with E-state index in [4.69, 9.17) is 9.47 Å². The topological polar surface area (TPSA) is 145 Å². The molecular formula is C29H38N6O6. The summed E-state index contributed by atoms with van der Waals surface area (Å²) in [5.41, 5.74) is 1.06. The lowest BCUT2D eigenvalue weighted by Crippen LogP contribution is -2.35. The Hall–Kier alpha value is -3.96. The Morgan fingerprint density at radius 3 is 1.37 bits per heavy atom. The Morgan fingerprint density at radius 2 is 1.05 bits per heavy atom. The first-order valence-electron chi connectivity index (χ1n) is 14.2. The highest BCUT2D eigenvalue weighted by molar-refractivity contribution is 6.12. The minimum atomic E-state index is -1.45. The van der Waals surface area contributed by atoms with E-state index >= 15 is 0 Å². The van der Waals surface area contributed by atoms with Gasteiger partial charge in [-0.1, -0.05) is 0 Å². The van der Waals surface area contributed by atoms with Crippen LogP contribution in [-0.2, 0) is 19.1 Å². The van der Waals surface area contributed by atoms with E-state index in [1.807, 2.05) is 0 Å². The van der Waals surface area contributed by atoms with Gasteiger partial charge in [0.2, 0.25) is 11.9 Å². The molecule has 4 rings (SSSR count). The molecule has 41 heavy (non-hydrogen) atoms. The summed E-state index contributed by atoms with van der Waals surface area (Å²) in [6.45, 7) is 6.69. The Balaban J connectivity index is 1.59. The van der Waals surface area contributed by atoms with E-state index in [1.54, 1.807) is 13.8 Å². The minimum absolute atomic E-state index is 0.127. The SMILES string of the molecule is COC(=O)C(CC(C(=O)OC)C(=O)c1cnc(N2CCCCC2)nc1C)C(=O)c1cnc(N2CCCCC2)nc1C. The standard InChI is InChI=1S/C29H38N6O6/c1-18-22(16-30-28(32-18)34-11-7-5-8-12-34)24(36)20(26(38)40-3)15-21(27(39)41-4)25(37)23-17-31-29(33-19(23)2)35-13-9-6-10-14-35/h16-17,20-21H,5-15H2,1-4H3. The smallest absolute Gasteiger partial charge is 0.316 e. The fraction of sp³-hybridized carbons (Fsp3) is 0.586. The molecule has 12 nitrogen and oxygen atoms in total. The van der Waals surface area contributed by atoms with Crippen molar-refractivity contribution in [3.05, 3.63) is 34.9 Å². The number of Topliss-reactive ketones (excluding diaryl/α,β-unsaturated/α-hetero) is 2. The van der Waals surface area contributed by atoms with E-state index < -0.39 is 41.8 Å². The van der Waals surface area contributed by atoms with Crippen LogP contribution in [-0.4, -0.2) is 83.8 Å². The molecular weight excluding hydrogens is 528 g/mol. The molecule has 2 aromatic rings. The number of esters is 2. The van der Waals surface area contributed by atoms with Crippen LogP contribution in [0.25, 0.3) is 0 Å². The monoisotopic (exact) mass is 566 g/mol. The van der Waals surface area contributed by atoms with Gasteiger partial charge in [-0.3, -0.25) is 19.2 Å². The lowest BCUT2D eigenvalue weighted by atomic mass is 9.84. The number of ether oxygens (including phenoxy) is 2. The number of rotatable bonds is 10. The lowest BCUT2D eigenvalue weighted by Gasteiger charge is -2.27. The molecule has 2 saturated heterocycles. The van der Waals surface area contributed by atoms with Crippen LogP contribution in [0.5, 0.6) is 0 Å². The zero-order valence-corrected chi connectivity index (χ0v) is 24.2. The maximum Gasteiger partial charge on any atom is 0.316 e. The predicted octanol–water partition coefficient (Wildman–Crippen LogP) is 2.90. The molecule has 220 valence electrons. The van der Waals surface area contributed by atoms with E-state index in [0.29, 0.717) is 23.3 Å². The van der Waals surface area contributed by atoms with Crippen molar-refractivity contribution in [1.82, 2.24) is 19.9 Å². The number of carbonyl (C=O) groups excluding carboxylic acids is 4. The quantitative estimate of drug-likeness (QED) is 0.237. The summed E-state index contributed by atoms with van der Waals surface area (Å²) in [6.07, 6.45) is 8.83. The van der Waals surface area contributed by atoms with E-state index in [9.17, 15) is 19.2 Å². The average molecular weight is 567 g/mol. The van der Waals surface area contributed by atoms with Crippen molar-refractivity contribution in [2.75, 3.05) is 50.2 Å². The first kappa shape index (κ1) is 30.0. The van der Waals surface area contributed by atoms with Gasteiger partial charge in [-0.15, -0.1) is 0 Å². The molecule has 0 spiro atoms. The minimum Gasteiger partial charge on any atom is -0.468 e. The van der Waals surface area contributed by atoms with E-state index in [-0.39, 0.29) is 11.1 Å². The van der Waals surface area contributed by atoms with Gasteiger partial charge in [0.15, 0.2) is 11.6 Å². The van der Waals surface area contributed by atoms with Crippen molar-refractivity contribution < 1.29 is 28.7 Å². The highest BCUT2D eigenvalue weighted by atomic mass is 16.5. The maximum absolute atomic E-state index is 13.7. The number of piperidine rings is 2. The van der Waals surface area contributed by atoms with Crippen molar-refractivity contribution >= 4 is 35.4 Å². The second-order valence-electron chi connectivity index (χ2n) is 10.5. The zero-order valence-electron chi connectivity index (χ0n) is 24.2. The lowest BCUT2D eigenvalue weighted by molar-refractivity contribution is -0.146. The van der Waals surface area contributed by atoms with E-state index in [1.165, 1.54) is 12.4 Å². The van der Waals surface area contributed by atoms with Gasteiger partial charge in [0.05, 0.1) is 36.7 Å². The van der Waals surface area contributed by atoms with Gasteiger partial charge in [0, 0.05) is 38.6 Å². The van der Waals surface area contributed by atoms with Crippen molar-refractivity contribution in [3.8, 4) is 0 Å². The molecule has 0 saturated carbocycles. The second-order valence-corrected chi connectivity index (χ2v) is 10.5. The Labute approximate surface area is 239 Å². The van der Waals surface area contributed by atoms with E-state index in [2.05, 4.69) is 29.7 Å². The number of hydrogen-bond acceptors (Lipinski definition) is 12.